The van der Waals surface area contributed by atoms with Crippen molar-refractivity contribution < 1.29 is 19.5 Å². The number of aliphatic carboxylic acids is 1. The Morgan fingerprint density at radius 1 is 1.83 bits per heavy atom. The Morgan fingerprint density at radius 3 is 3.00 bits per heavy atom. The Bertz CT molecular complexity index is 246. The van der Waals surface area contributed by atoms with E-state index in [0.29, 0.717) is 0 Å². The van der Waals surface area contributed by atoms with Gasteiger partial charge in [-0.05, 0) is 0 Å². The molecule has 0 bridgehead atoms. The van der Waals surface area contributed by atoms with Crippen LogP contribution in [-0.4, -0.2) is 34.0 Å². The van der Waals surface area contributed by atoms with Crippen LogP contribution in [0.5, 0.6) is 0 Å². The Balaban J connectivity index is 2.54. The number of carboxylic acid groups (broad SMARTS) is 1. The monoisotopic (exact) mass is 172 g/mol. The molecule has 0 aliphatic heterocycles. The van der Waals surface area contributed by atoms with E-state index in [1.54, 1.807) is 0 Å². The lowest BCUT2D eigenvalue weighted by molar-refractivity contribution is -0.138. The molecule has 0 spiro atoms. The van der Waals surface area contributed by atoms with Crippen molar-refractivity contribution >= 4 is 11.8 Å². The largest absolute Gasteiger partial charge is 0.480 e. The summed E-state index contributed by atoms with van der Waals surface area (Å²) in [6.45, 7) is -0.498. The lowest BCUT2D eigenvalue weighted by Gasteiger charge is -2.08. The van der Waals surface area contributed by atoms with Crippen LogP contribution in [-0.2, 0) is 4.79 Å². The summed E-state index contributed by atoms with van der Waals surface area (Å²) in [5.41, 5.74) is 0. The SMILES string of the molecule is O=C(O)[C@H](CO)Nc1ccon1. The first-order valence-corrected chi connectivity index (χ1v) is 3.24. The normalized spacial score (nSPS) is 12.4. The van der Waals surface area contributed by atoms with E-state index in [9.17, 15) is 4.79 Å². The van der Waals surface area contributed by atoms with E-state index in [-0.39, 0.29) is 5.82 Å². The number of aromatic nitrogens is 1. The third-order valence-corrected chi connectivity index (χ3v) is 1.24. The van der Waals surface area contributed by atoms with Crippen molar-refractivity contribution in [3.63, 3.8) is 0 Å². The average molecular weight is 172 g/mol. The molecule has 0 saturated carbocycles. The van der Waals surface area contributed by atoms with Crippen LogP contribution in [0, 0.1) is 0 Å². The molecule has 0 fully saturated rings. The maximum Gasteiger partial charge on any atom is 0.328 e. The second kappa shape index (κ2) is 3.72. The minimum Gasteiger partial charge on any atom is -0.480 e. The maximum absolute atomic E-state index is 10.4. The number of anilines is 1. The molecule has 0 aromatic carbocycles. The summed E-state index contributed by atoms with van der Waals surface area (Å²) in [5.74, 6) is -0.850. The molecule has 1 aromatic rings. The topological polar surface area (TPSA) is 95.6 Å². The molecule has 1 heterocycles. The first kappa shape index (κ1) is 8.54. The number of aliphatic hydroxyl groups is 1. The zero-order valence-corrected chi connectivity index (χ0v) is 6.10. The molecule has 1 rings (SSSR count). The smallest absolute Gasteiger partial charge is 0.328 e. The Hall–Kier alpha value is -1.56. The summed E-state index contributed by atoms with van der Waals surface area (Å²) in [4.78, 5) is 10.4. The summed E-state index contributed by atoms with van der Waals surface area (Å²) in [5, 5.41) is 23.0. The molecule has 0 radical (unpaired) electrons. The predicted octanol–water partition coefficient (Wildman–Crippen LogP) is -0.468. The van der Waals surface area contributed by atoms with Gasteiger partial charge in [0.1, 0.15) is 12.3 Å². The van der Waals surface area contributed by atoms with Crippen molar-refractivity contribution in [2.75, 3.05) is 11.9 Å². The van der Waals surface area contributed by atoms with Crippen LogP contribution in [0.15, 0.2) is 16.9 Å². The highest BCUT2D eigenvalue weighted by Gasteiger charge is 2.16. The molecule has 66 valence electrons. The highest BCUT2D eigenvalue weighted by atomic mass is 16.5. The van der Waals surface area contributed by atoms with Gasteiger partial charge in [0.05, 0.1) is 6.61 Å². The summed E-state index contributed by atoms with van der Waals surface area (Å²) < 4.78 is 4.45. The predicted molar refractivity (Wildman–Crippen MR) is 38.6 cm³/mol. The minimum absolute atomic E-state index is 0.288. The molecule has 1 atom stereocenters. The van der Waals surface area contributed by atoms with Gasteiger partial charge in [0, 0.05) is 6.07 Å². The van der Waals surface area contributed by atoms with Crippen LogP contribution in [0.4, 0.5) is 5.82 Å². The number of nitrogens with one attached hydrogen (secondary N) is 1. The lowest BCUT2D eigenvalue weighted by atomic mass is 10.3. The average Bonchev–Trinajstić information content (AvgIpc) is 2.51. The van der Waals surface area contributed by atoms with Gasteiger partial charge in [-0.15, -0.1) is 0 Å². The molecule has 3 N–H and O–H groups in total. The molecule has 0 amide bonds. The van der Waals surface area contributed by atoms with Gasteiger partial charge in [-0.3, -0.25) is 0 Å². The van der Waals surface area contributed by atoms with Gasteiger partial charge in [-0.1, -0.05) is 5.16 Å². The fourth-order valence-corrected chi connectivity index (χ4v) is 0.651. The zero-order valence-electron chi connectivity index (χ0n) is 6.10. The maximum atomic E-state index is 10.4. The number of carboxylic acids is 1. The van der Waals surface area contributed by atoms with Crippen LogP contribution in [0.3, 0.4) is 0 Å². The van der Waals surface area contributed by atoms with Crippen molar-refractivity contribution in [3.05, 3.63) is 12.3 Å². The Kier molecular flexibility index (Phi) is 2.65. The van der Waals surface area contributed by atoms with Crippen LogP contribution >= 0.6 is 0 Å². The van der Waals surface area contributed by atoms with Crippen LogP contribution in [0.1, 0.15) is 0 Å². The van der Waals surface area contributed by atoms with E-state index in [1.807, 2.05) is 0 Å². The number of rotatable bonds is 4. The number of hydrogen-bond acceptors (Lipinski definition) is 5. The van der Waals surface area contributed by atoms with Crippen molar-refractivity contribution in [3.8, 4) is 0 Å². The number of hydrogen-bond donors (Lipinski definition) is 3. The van der Waals surface area contributed by atoms with Gasteiger partial charge >= 0.3 is 5.97 Å². The molecule has 6 nitrogen and oxygen atoms in total. The Morgan fingerprint density at radius 2 is 2.58 bits per heavy atom. The molecule has 0 saturated heterocycles. The minimum atomic E-state index is -1.14. The van der Waals surface area contributed by atoms with E-state index in [0.717, 1.165) is 0 Å². The fraction of sp³-hybridized carbons (Fsp3) is 0.333. The third-order valence-electron chi connectivity index (χ3n) is 1.24. The van der Waals surface area contributed by atoms with Crippen LogP contribution in [0.2, 0.25) is 0 Å². The molecule has 6 heteroatoms. The Labute approximate surface area is 67.8 Å². The van der Waals surface area contributed by atoms with E-state index < -0.39 is 18.6 Å². The van der Waals surface area contributed by atoms with Gasteiger partial charge < -0.3 is 20.1 Å². The van der Waals surface area contributed by atoms with Gasteiger partial charge in [0.25, 0.3) is 0 Å². The molecule has 0 aliphatic rings. The van der Waals surface area contributed by atoms with Crippen LogP contribution < -0.4 is 5.32 Å². The molecular formula is C6H8N2O4. The molecule has 0 aliphatic carbocycles. The van der Waals surface area contributed by atoms with Gasteiger partial charge in [-0.2, -0.15) is 0 Å². The third kappa shape index (κ3) is 1.96. The van der Waals surface area contributed by atoms with Gasteiger partial charge in [0.15, 0.2) is 5.82 Å². The fourth-order valence-electron chi connectivity index (χ4n) is 0.651. The summed E-state index contributed by atoms with van der Waals surface area (Å²) in [7, 11) is 0. The van der Waals surface area contributed by atoms with E-state index in [1.165, 1.54) is 12.3 Å². The van der Waals surface area contributed by atoms with Gasteiger partial charge in [0.2, 0.25) is 0 Å². The number of carbonyl (C=O) groups is 1. The second-order valence-electron chi connectivity index (χ2n) is 2.10. The molecule has 0 unspecified atom stereocenters. The van der Waals surface area contributed by atoms with Crippen molar-refractivity contribution in [1.82, 2.24) is 5.16 Å². The zero-order chi connectivity index (χ0) is 8.97. The standard InChI is InChI=1S/C6H8N2O4/c9-3-4(6(10)11)7-5-1-2-12-8-5/h1-2,4,9H,3H2,(H,7,8)(H,10,11)/t4-/m0/s1. The quantitative estimate of drug-likeness (QED) is 0.568. The summed E-state index contributed by atoms with van der Waals surface area (Å²) >= 11 is 0. The highest BCUT2D eigenvalue weighted by molar-refractivity contribution is 5.76. The molecule has 1 aromatic heterocycles. The number of nitrogens with zero attached hydrogens (tertiary/aromatic N) is 1. The van der Waals surface area contributed by atoms with E-state index in [2.05, 4.69) is 15.0 Å². The summed E-state index contributed by atoms with van der Waals surface area (Å²) in [6, 6.07) is 0.418. The first-order chi connectivity index (χ1) is 5.74. The van der Waals surface area contributed by atoms with Crippen molar-refractivity contribution in [2.45, 2.75) is 6.04 Å². The van der Waals surface area contributed by atoms with Crippen molar-refractivity contribution in [2.24, 2.45) is 0 Å². The van der Waals surface area contributed by atoms with E-state index in [4.69, 9.17) is 10.2 Å². The first-order valence-electron chi connectivity index (χ1n) is 3.24. The van der Waals surface area contributed by atoms with Crippen LogP contribution in [0.25, 0.3) is 0 Å². The van der Waals surface area contributed by atoms with E-state index >= 15 is 0 Å². The van der Waals surface area contributed by atoms with Gasteiger partial charge in [-0.25, -0.2) is 4.79 Å². The second-order valence-corrected chi connectivity index (χ2v) is 2.10. The lowest BCUT2D eigenvalue weighted by Crippen LogP contribution is -2.32. The number of aliphatic hydroxyl groups excluding tert-OH is 1. The van der Waals surface area contributed by atoms with Crippen molar-refractivity contribution in [1.29, 1.82) is 0 Å². The highest BCUT2D eigenvalue weighted by Crippen LogP contribution is 2.03. The summed E-state index contributed by atoms with van der Waals surface area (Å²) in [6.07, 6.45) is 1.30. The molecular weight excluding hydrogens is 164 g/mol. The molecule has 12 heavy (non-hydrogen) atoms.